The Bertz CT molecular complexity index is 1020. The molecule has 1 saturated carbocycles. The summed E-state index contributed by atoms with van der Waals surface area (Å²) in [5, 5.41) is 0. The molecule has 38 heavy (non-hydrogen) atoms. The van der Waals surface area contributed by atoms with Gasteiger partial charge in [0.05, 0.1) is 18.6 Å². The predicted molar refractivity (Wildman–Crippen MR) is 150 cm³/mol. The number of benzene rings is 1. The molecule has 2 aliphatic rings. The number of hydrogen-bond acceptors (Lipinski definition) is 7. The third kappa shape index (κ3) is 7.69. The number of ether oxygens (including phenoxy) is 2. The highest BCUT2D eigenvalue weighted by Gasteiger charge is 2.30. The lowest BCUT2D eigenvalue weighted by molar-refractivity contribution is -0.137. The van der Waals surface area contributed by atoms with Crippen LogP contribution in [0.2, 0.25) is 0 Å². The zero-order valence-electron chi connectivity index (χ0n) is 24.4. The summed E-state index contributed by atoms with van der Waals surface area (Å²) in [6.07, 6.45) is 5.61. The highest BCUT2D eigenvalue weighted by Crippen LogP contribution is 2.30. The van der Waals surface area contributed by atoms with Crippen molar-refractivity contribution < 1.29 is 22.7 Å². The topological polar surface area (TPSA) is 82.6 Å². The minimum Gasteiger partial charge on any atom is -0.497 e. The van der Waals surface area contributed by atoms with Crippen LogP contribution in [0.1, 0.15) is 43.2 Å². The van der Waals surface area contributed by atoms with Crippen LogP contribution < -0.4 is 4.74 Å². The van der Waals surface area contributed by atoms with Crippen LogP contribution in [-0.4, -0.2) is 120 Å². The van der Waals surface area contributed by atoms with Crippen molar-refractivity contribution in [1.29, 1.82) is 0 Å². The van der Waals surface area contributed by atoms with Crippen LogP contribution in [0.25, 0.3) is 0 Å². The predicted octanol–water partition coefficient (Wildman–Crippen LogP) is 2.60. The zero-order chi connectivity index (χ0) is 28.0. The Balaban J connectivity index is 1.39. The average Bonchev–Trinajstić information content (AvgIpc) is 3.34. The third-order valence-corrected chi connectivity index (χ3v) is 10.5. The number of hydrogen-bond donors (Lipinski definition) is 0. The van der Waals surface area contributed by atoms with Gasteiger partial charge in [0.25, 0.3) is 0 Å². The van der Waals surface area contributed by atoms with Gasteiger partial charge in [0, 0.05) is 45.8 Å². The van der Waals surface area contributed by atoms with E-state index in [9.17, 15) is 13.2 Å². The van der Waals surface area contributed by atoms with Crippen molar-refractivity contribution >= 4 is 15.9 Å². The molecule has 9 nitrogen and oxygen atoms in total. The summed E-state index contributed by atoms with van der Waals surface area (Å²) in [7, 11) is 5.62. The van der Waals surface area contributed by atoms with Crippen LogP contribution in [0, 0.1) is 19.8 Å². The van der Waals surface area contributed by atoms with Crippen molar-refractivity contribution in [3.8, 4) is 5.75 Å². The molecular weight excluding hydrogens is 504 g/mol. The molecule has 1 heterocycles. The van der Waals surface area contributed by atoms with Gasteiger partial charge in [-0.3, -0.25) is 4.79 Å². The Labute approximate surface area is 230 Å². The molecule has 216 valence electrons. The van der Waals surface area contributed by atoms with Crippen molar-refractivity contribution in [2.75, 3.05) is 74.7 Å². The van der Waals surface area contributed by atoms with Crippen LogP contribution in [0.3, 0.4) is 0 Å². The Morgan fingerprint density at radius 2 is 1.63 bits per heavy atom. The Hall–Kier alpha value is -1.72. The SMILES string of the molecule is COc1cc(C)c(S(=O)(=O)N(C)CCOCC(=O)N(C)C2CCC(CN3CC[C@H](N(C)C)C3)CC2)c(C)c1. The smallest absolute Gasteiger partial charge is 0.248 e. The molecule has 2 fully saturated rings. The van der Waals surface area contributed by atoms with E-state index in [0.29, 0.717) is 28.8 Å². The van der Waals surface area contributed by atoms with Gasteiger partial charge < -0.3 is 24.2 Å². The van der Waals surface area contributed by atoms with Crippen LogP contribution in [-0.2, 0) is 19.6 Å². The second-order valence-corrected chi connectivity index (χ2v) is 13.3. The summed E-state index contributed by atoms with van der Waals surface area (Å²) < 4.78 is 38.4. The number of carbonyl (C=O) groups excluding carboxylic acids is 1. The lowest BCUT2D eigenvalue weighted by atomic mass is 9.85. The molecule has 1 saturated heterocycles. The highest BCUT2D eigenvalue weighted by molar-refractivity contribution is 7.89. The maximum absolute atomic E-state index is 13.1. The van der Waals surface area contributed by atoms with Gasteiger partial charge in [-0.25, -0.2) is 8.42 Å². The molecule has 1 aliphatic heterocycles. The second-order valence-electron chi connectivity index (χ2n) is 11.3. The molecule has 0 N–H and O–H groups in total. The number of likely N-dealkylation sites (tertiary alicyclic amines) is 1. The molecule has 1 aromatic carbocycles. The molecule has 0 unspecified atom stereocenters. The van der Waals surface area contributed by atoms with Crippen LogP contribution in [0.5, 0.6) is 5.75 Å². The van der Waals surface area contributed by atoms with Crippen LogP contribution >= 0.6 is 0 Å². The van der Waals surface area contributed by atoms with Gasteiger partial charge in [-0.15, -0.1) is 0 Å². The first-order chi connectivity index (χ1) is 17.9. The van der Waals surface area contributed by atoms with E-state index in [-0.39, 0.29) is 36.6 Å². The first kappa shape index (κ1) is 30.8. The summed E-state index contributed by atoms with van der Waals surface area (Å²) in [6.45, 7) is 7.34. The van der Waals surface area contributed by atoms with Gasteiger partial charge in [0.15, 0.2) is 0 Å². The Morgan fingerprint density at radius 1 is 1.00 bits per heavy atom. The second kappa shape index (κ2) is 13.6. The van der Waals surface area contributed by atoms with Crippen molar-refractivity contribution in [1.82, 2.24) is 19.0 Å². The monoisotopic (exact) mass is 552 g/mol. The van der Waals surface area contributed by atoms with Gasteiger partial charge in [-0.05, 0) is 95.8 Å². The fourth-order valence-electron chi connectivity index (χ4n) is 5.85. The van der Waals surface area contributed by atoms with E-state index < -0.39 is 10.0 Å². The number of aryl methyl sites for hydroxylation is 2. The Morgan fingerprint density at radius 3 is 2.18 bits per heavy atom. The van der Waals surface area contributed by atoms with Crippen molar-refractivity contribution in [3.63, 3.8) is 0 Å². The molecule has 1 atom stereocenters. The number of methoxy groups -OCH3 is 1. The molecule has 0 radical (unpaired) electrons. The van der Waals surface area contributed by atoms with E-state index >= 15 is 0 Å². The van der Waals surface area contributed by atoms with E-state index in [4.69, 9.17) is 9.47 Å². The van der Waals surface area contributed by atoms with Gasteiger partial charge in [-0.1, -0.05) is 0 Å². The number of amides is 1. The number of rotatable bonds is 12. The maximum Gasteiger partial charge on any atom is 0.248 e. The summed E-state index contributed by atoms with van der Waals surface area (Å²) in [5.41, 5.74) is 1.28. The lowest BCUT2D eigenvalue weighted by Crippen LogP contribution is -2.43. The summed E-state index contributed by atoms with van der Waals surface area (Å²) in [5.74, 6) is 1.29. The molecule has 1 amide bonds. The minimum atomic E-state index is -3.68. The van der Waals surface area contributed by atoms with Crippen LogP contribution in [0.15, 0.2) is 17.0 Å². The van der Waals surface area contributed by atoms with E-state index in [1.54, 1.807) is 33.1 Å². The fraction of sp³-hybridized carbons (Fsp3) is 0.750. The number of carbonyl (C=O) groups is 1. The van der Waals surface area contributed by atoms with E-state index in [1.807, 2.05) is 11.9 Å². The fourth-order valence-corrected chi connectivity index (χ4v) is 7.41. The van der Waals surface area contributed by atoms with Crippen LogP contribution in [0.4, 0.5) is 0 Å². The minimum absolute atomic E-state index is 0.0371. The molecule has 1 aliphatic carbocycles. The molecule has 0 spiro atoms. The van der Waals surface area contributed by atoms with E-state index in [1.165, 1.54) is 37.4 Å². The Kier molecular flexibility index (Phi) is 11.0. The third-order valence-electron chi connectivity index (χ3n) is 8.37. The summed E-state index contributed by atoms with van der Waals surface area (Å²) in [6, 6.07) is 4.36. The molecule has 1 aromatic rings. The number of likely N-dealkylation sites (N-methyl/N-ethyl adjacent to an activating group) is 3. The first-order valence-electron chi connectivity index (χ1n) is 13.8. The summed E-state index contributed by atoms with van der Waals surface area (Å²) >= 11 is 0. The lowest BCUT2D eigenvalue weighted by Gasteiger charge is -2.36. The van der Waals surface area contributed by atoms with Gasteiger partial charge in [0.1, 0.15) is 12.4 Å². The molecule has 0 aromatic heterocycles. The first-order valence-corrected chi connectivity index (χ1v) is 15.2. The zero-order valence-corrected chi connectivity index (χ0v) is 25.2. The highest BCUT2D eigenvalue weighted by atomic mass is 32.2. The largest absolute Gasteiger partial charge is 0.497 e. The maximum atomic E-state index is 13.1. The van der Waals surface area contributed by atoms with E-state index in [0.717, 1.165) is 25.7 Å². The number of nitrogens with zero attached hydrogens (tertiary/aromatic N) is 4. The van der Waals surface area contributed by atoms with Gasteiger partial charge in [-0.2, -0.15) is 4.31 Å². The number of sulfonamides is 1. The average molecular weight is 553 g/mol. The van der Waals surface area contributed by atoms with E-state index in [2.05, 4.69) is 23.9 Å². The van der Waals surface area contributed by atoms with Crippen molar-refractivity contribution in [2.45, 2.75) is 62.9 Å². The standard InChI is InChI=1S/C28H48N4O5S/c1-21-16-26(36-7)17-22(2)28(21)38(34,35)30(5)14-15-37-20-27(33)31(6)24-10-8-23(9-11-24)18-32-13-12-25(19-32)29(3)4/h16-17,23-25H,8-15,18-20H2,1-7H3/t23?,24?,25-/m0/s1. The molecule has 3 rings (SSSR count). The van der Waals surface area contributed by atoms with Crippen molar-refractivity contribution in [2.24, 2.45) is 5.92 Å². The quantitative estimate of drug-likeness (QED) is 0.369. The molecular formula is C28H48N4O5S. The van der Waals surface area contributed by atoms with Gasteiger partial charge in [0.2, 0.25) is 15.9 Å². The molecule has 0 bridgehead atoms. The van der Waals surface area contributed by atoms with Crippen molar-refractivity contribution in [3.05, 3.63) is 23.3 Å². The van der Waals surface area contributed by atoms with Gasteiger partial charge >= 0.3 is 0 Å². The normalized spacial score (nSPS) is 22.8. The summed E-state index contributed by atoms with van der Waals surface area (Å²) in [4.78, 5) is 19.8. The molecule has 10 heteroatoms.